The highest BCUT2D eigenvalue weighted by molar-refractivity contribution is 6.09. The van der Waals surface area contributed by atoms with Crippen LogP contribution in [0, 0.1) is 11.6 Å². The Morgan fingerprint density at radius 3 is 2.03 bits per heavy atom. The zero-order chi connectivity index (χ0) is 20.4. The van der Waals surface area contributed by atoms with E-state index < -0.39 is 23.4 Å². The highest BCUT2D eigenvalue weighted by Gasteiger charge is 2.13. The lowest BCUT2D eigenvalue weighted by Gasteiger charge is -2.07. The van der Waals surface area contributed by atoms with Crippen LogP contribution < -0.4 is 10.6 Å². The lowest BCUT2D eigenvalue weighted by molar-refractivity contribution is 0.101. The van der Waals surface area contributed by atoms with Gasteiger partial charge >= 0.3 is 0 Å². The van der Waals surface area contributed by atoms with Gasteiger partial charge < -0.3 is 10.6 Å². The molecule has 6 nitrogen and oxygen atoms in total. The minimum atomic E-state index is -0.521. The summed E-state index contributed by atoms with van der Waals surface area (Å²) < 4.78 is 26.6. The summed E-state index contributed by atoms with van der Waals surface area (Å²) in [7, 11) is 0. The molecule has 4 rings (SSSR count). The molecule has 0 unspecified atom stereocenters. The van der Waals surface area contributed by atoms with E-state index in [4.69, 9.17) is 0 Å². The van der Waals surface area contributed by atoms with E-state index in [-0.39, 0.29) is 16.9 Å². The molecule has 144 valence electrons. The number of carbonyl (C=O) groups is 2. The van der Waals surface area contributed by atoms with E-state index in [0.29, 0.717) is 16.6 Å². The molecule has 29 heavy (non-hydrogen) atoms. The summed E-state index contributed by atoms with van der Waals surface area (Å²) >= 11 is 0. The van der Waals surface area contributed by atoms with E-state index in [1.54, 1.807) is 18.2 Å². The summed E-state index contributed by atoms with van der Waals surface area (Å²) in [6.45, 7) is 0. The maximum absolute atomic E-state index is 13.3. The van der Waals surface area contributed by atoms with Crippen LogP contribution in [-0.2, 0) is 0 Å². The van der Waals surface area contributed by atoms with Crippen molar-refractivity contribution in [1.29, 1.82) is 0 Å². The standard InChI is InChI=1S/C21H14F2N4O2/c22-14-5-1-3-12(9-14)20(28)24-16-7-8-18-17(11-16)19(27-26-18)25-21(29)13-4-2-6-15(23)10-13/h1-11H,(H,24,28)(H2,25,26,27,29). The Balaban J connectivity index is 1.57. The van der Waals surface area contributed by atoms with Crippen LogP contribution in [0.25, 0.3) is 10.9 Å². The molecule has 0 radical (unpaired) electrons. The van der Waals surface area contributed by atoms with Crippen LogP contribution in [-0.4, -0.2) is 22.0 Å². The van der Waals surface area contributed by atoms with Gasteiger partial charge in [0.25, 0.3) is 11.8 Å². The average molecular weight is 392 g/mol. The van der Waals surface area contributed by atoms with Gasteiger partial charge in [0.15, 0.2) is 5.82 Å². The summed E-state index contributed by atoms with van der Waals surface area (Å²) in [5.74, 6) is -1.79. The summed E-state index contributed by atoms with van der Waals surface area (Å²) in [5, 5.41) is 12.7. The SMILES string of the molecule is O=C(Nc1ccc2[nH]nc(NC(=O)c3cccc(F)c3)c2c1)c1cccc(F)c1. The van der Waals surface area contributed by atoms with E-state index in [9.17, 15) is 18.4 Å². The van der Waals surface area contributed by atoms with Crippen molar-refractivity contribution < 1.29 is 18.4 Å². The molecule has 3 aromatic carbocycles. The van der Waals surface area contributed by atoms with Crippen molar-refractivity contribution in [3.8, 4) is 0 Å². The fourth-order valence-electron chi connectivity index (χ4n) is 2.83. The second kappa shape index (κ2) is 7.51. The van der Waals surface area contributed by atoms with Gasteiger partial charge in [0.1, 0.15) is 11.6 Å². The summed E-state index contributed by atoms with van der Waals surface area (Å²) in [4.78, 5) is 24.7. The normalized spacial score (nSPS) is 10.7. The van der Waals surface area contributed by atoms with Gasteiger partial charge in [0.05, 0.1) is 5.52 Å². The minimum absolute atomic E-state index is 0.150. The summed E-state index contributed by atoms with van der Waals surface area (Å²) in [6, 6.07) is 15.6. The Bertz CT molecular complexity index is 1240. The maximum Gasteiger partial charge on any atom is 0.256 e. The predicted octanol–water partition coefficient (Wildman–Crippen LogP) is 4.35. The average Bonchev–Trinajstić information content (AvgIpc) is 3.10. The Kier molecular flexibility index (Phi) is 4.74. The largest absolute Gasteiger partial charge is 0.322 e. The number of anilines is 2. The second-order valence-corrected chi connectivity index (χ2v) is 6.26. The molecular weight excluding hydrogens is 378 g/mol. The molecular formula is C21H14F2N4O2. The lowest BCUT2D eigenvalue weighted by atomic mass is 10.1. The molecule has 0 saturated heterocycles. The number of fused-ring (bicyclic) bond motifs is 1. The van der Waals surface area contributed by atoms with Gasteiger partial charge in [-0.05, 0) is 54.6 Å². The number of benzene rings is 3. The topological polar surface area (TPSA) is 86.9 Å². The van der Waals surface area contributed by atoms with E-state index >= 15 is 0 Å². The number of aromatic amines is 1. The van der Waals surface area contributed by atoms with Crippen LogP contribution in [0.15, 0.2) is 66.7 Å². The number of rotatable bonds is 4. The molecule has 0 fully saturated rings. The highest BCUT2D eigenvalue weighted by Crippen LogP contribution is 2.25. The molecule has 0 aliphatic carbocycles. The van der Waals surface area contributed by atoms with Gasteiger partial charge in [0.2, 0.25) is 0 Å². The van der Waals surface area contributed by atoms with E-state index in [1.807, 2.05) is 0 Å². The molecule has 0 bridgehead atoms. The van der Waals surface area contributed by atoms with Crippen LogP contribution >= 0.6 is 0 Å². The number of hydrogen-bond donors (Lipinski definition) is 3. The Labute approximate surface area is 163 Å². The predicted molar refractivity (Wildman–Crippen MR) is 105 cm³/mol. The fourth-order valence-corrected chi connectivity index (χ4v) is 2.83. The van der Waals surface area contributed by atoms with Crippen LogP contribution in [0.3, 0.4) is 0 Å². The first kappa shape index (κ1) is 18.3. The van der Waals surface area contributed by atoms with Crippen molar-refractivity contribution in [2.75, 3.05) is 10.6 Å². The smallest absolute Gasteiger partial charge is 0.256 e. The van der Waals surface area contributed by atoms with Crippen LogP contribution in [0.1, 0.15) is 20.7 Å². The van der Waals surface area contributed by atoms with Gasteiger partial charge in [-0.1, -0.05) is 12.1 Å². The van der Waals surface area contributed by atoms with Gasteiger partial charge in [0, 0.05) is 22.2 Å². The number of hydrogen-bond acceptors (Lipinski definition) is 3. The van der Waals surface area contributed by atoms with Gasteiger partial charge in [-0.3, -0.25) is 14.7 Å². The fraction of sp³-hybridized carbons (Fsp3) is 0. The van der Waals surface area contributed by atoms with Crippen molar-refractivity contribution >= 4 is 34.2 Å². The van der Waals surface area contributed by atoms with Crippen LogP contribution in [0.4, 0.5) is 20.3 Å². The summed E-state index contributed by atoms with van der Waals surface area (Å²) in [6.07, 6.45) is 0. The van der Waals surface area contributed by atoms with E-state index in [0.717, 1.165) is 12.1 Å². The third kappa shape index (κ3) is 3.96. The molecule has 2 amide bonds. The van der Waals surface area contributed by atoms with Crippen LogP contribution in [0.5, 0.6) is 0 Å². The number of nitrogens with one attached hydrogen (secondary N) is 3. The number of carbonyl (C=O) groups excluding carboxylic acids is 2. The van der Waals surface area contributed by atoms with Gasteiger partial charge in [-0.15, -0.1) is 0 Å². The quantitative estimate of drug-likeness (QED) is 0.483. The molecule has 0 aliphatic heterocycles. The first-order valence-electron chi connectivity index (χ1n) is 8.61. The Morgan fingerprint density at radius 2 is 1.41 bits per heavy atom. The third-order valence-electron chi connectivity index (χ3n) is 4.23. The van der Waals surface area contributed by atoms with Crippen molar-refractivity contribution in [2.45, 2.75) is 0 Å². The van der Waals surface area contributed by atoms with Crippen molar-refractivity contribution in [2.24, 2.45) is 0 Å². The van der Waals surface area contributed by atoms with E-state index in [1.165, 1.54) is 36.4 Å². The lowest BCUT2D eigenvalue weighted by Crippen LogP contribution is -2.13. The number of aromatic nitrogens is 2. The first-order chi connectivity index (χ1) is 14.0. The van der Waals surface area contributed by atoms with Crippen LogP contribution in [0.2, 0.25) is 0 Å². The molecule has 1 aromatic heterocycles. The molecule has 1 heterocycles. The van der Waals surface area contributed by atoms with Crippen molar-refractivity contribution in [3.63, 3.8) is 0 Å². The zero-order valence-electron chi connectivity index (χ0n) is 14.9. The second-order valence-electron chi connectivity index (χ2n) is 6.26. The molecule has 0 spiro atoms. The Hall–Kier alpha value is -4.07. The number of halogens is 2. The van der Waals surface area contributed by atoms with Crippen molar-refractivity contribution in [1.82, 2.24) is 10.2 Å². The molecule has 0 aliphatic rings. The van der Waals surface area contributed by atoms with Gasteiger partial charge in [-0.2, -0.15) is 5.10 Å². The third-order valence-corrected chi connectivity index (χ3v) is 4.23. The van der Waals surface area contributed by atoms with E-state index in [2.05, 4.69) is 20.8 Å². The number of amides is 2. The highest BCUT2D eigenvalue weighted by atomic mass is 19.1. The molecule has 0 atom stereocenters. The molecule has 3 N–H and O–H groups in total. The number of H-pyrrole nitrogens is 1. The maximum atomic E-state index is 13.3. The molecule has 0 saturated carbocycles. The first-order valence-corrected chi connectivity index (χ1v) is 8.61. The summed E-state index contributed by atoms with van der Waals surface area (Å²) in [5.41, 5.74) is 1.39. The van der Waals surface area contributed by atoms with Gasteiger partial charge in [-0.25, -0.2) is 8.78 Å². The molecule has 8 heteroatoms. The van der Waals surface area contributed by atoms with Crippen molar-refractivity contribution in [3.05, 3.63) is 89.5 Å². The zero-order valence-corrected chi connectivity index (χ0v) is 14.9. The minimum Gasteiger partial charge on any atom is -0.322 e. The number of nitrogens with zero attached hydrogens (tertiary/aromatic N) is 1. The Morgan fingerprint density at radius 1 is 0.793 bits per heavy atom. The monoisotopic (exact) mass is 392 g/mol. The molecule has 4 aromatic rings.